The van der Waals surface area contributed by atoms with E-state index in [0.29, 0.717) is 35.3 Å². The second-order valence-corrected chi connectivity index (χ2v) is 6.67. The van der Waals surface area contributed by atoms with Crippen molar-refractivity contribution in [2.75, 3.05) is 18.2 Å². The van der Waals surface area contributed by atoms with Crippen molar-refractivity contribution in [3.63, 3.8) is 0 Å². The van der Waals surface area contributed by atoms with E-state index in [0.717, 1.165) is 5.56 Å². The standard InChI is InChI=1S/C19H17ClN2O4/c20-14-3-1-2-4-15(14)22-10-13(8-18(22)23)19(24)21-9-12-5-6-16-17(7-12)26-11-25-16/h1-7,13H,8-11H2,(H,21,24). The van der Waals surface area contributed by atoms with Gasteiger partial charge in [0, 0.05) is 19.5 Å². The van der Waals surface area contributed by atoms with E-state index in [1.54, 1.807) is 17.0 Å². The van der Waals surface area contributed by atoms with Crippen LogP contribution in [0.1, 0.15) is 12.0 Å². The van der Waals surface area contributed by atoms with Gasteiger partial charge in [-0.2, -0.15) is 0 Å². The normalized spacial score (nSPS) is 18.3. The van der Waals surface area contributed by atoms with Crippen LogP contribution in [0.5, 0.6) is 11.5 Å². The molecule has 6 nitrogen and oxygen atoms in total. The number of fused-ring (bicyclic) bond motifs is 1. The van der Waals surface area contributed by atoms with Crippen molar-refractivity contribution in [3.8, 4) is 11.5 Å². The number of hydrogen-bond donors (Lipinski definition) is 1. The van der Waals surface area contributed by atoms with Gasteiger partial charge in [-0.25, -0.2) is 0 Å². The summed E-state index contributed by atoms with van der Waals surface area (Å²) >= 11 is 6.17. The first-order valence-corrected chi connectivity index (χ1v) is 8.71. The molecular formula is C19H17ClN2O4. The summed E-state index contributed by atoms with van der Waals surface area (Å²) in [7, 11) is 0. The van der Waals surface area contributed by atoms with Gasteiger partial charge in [0.15, 0.2) is 11.5 Å². The molecule has 0 spiro atoms. The zero-order valence-corrected chi connectivity index (χ0v) is 14.7. The van der Waals surface area contributed by atoms with Gasteiger partial charge in [0.05, 0.1) is 16.6 Å². The lowest BCUT2D eigenvalue weighted by Crippen LogP contribution is -2.32. The zero-order chi connectivity index (χ0) is 18.1. The Morgan fingerprint density at radius 3 is 2.85 bits per heavy atom. The van der Waals surface area contributed by atoms with Crippen LogP contribution in [0.4, 0.5) is 5.69 Å². The molecule has 2 aromatic carbocycles. The molecule has 7 heteroatoms. The minimum absolute atomic E-state index is 0.0960. The molecule has 0 radical (unpaired) electrons. The monoisotopic (exact) mass is 372 g/mol. The molecule has 0 aliphatic carbocycles. The highest BCUT2D eigenvalue weighted by Crippen LogP contribution is 2.33. The maximum Gasteiger partial charge on any atom is 0.231 e. The first kappa shape index (κ1) is 16.7. The van der Waals surface area contributed by atoms with Crippen molar-refractivity contribution in [1.82, 2.24) is 5.32 Å². The first-order valence-electron chi connectivity index (χ1n) is 8.33. The molecule has 1 unspecified atom stereocenters. The van der Waals surface area contributed by atoms with E-state index in [-0.39, 0.29) is 25.0 Å². The molecule has 1 fully saturated rings. The number of rotatable bonds is 4. The fourth-order valence-electron chi connectivity index (χ4n) is 3.17. The van der Waals surface area contributed by atoms with Crippen LogP contribution in [0.15, 0.2) is 42.5 Å². The second kappa shape index (κ2) is 6.88. The lowest BCUT2D eigenvalue weighted by molar-refractivity contribution is -0.126. The molecule has 0 bridgehead atoms. The van der Waals surface area contributed by atoms with Crippen LogP contribution in [-0.4, -0.2) is 25.2 Å². The van der Waals surface area contributed by atoms with Gasteiger partial charge < -0.3 is 19.7 Å². The highest BCUT2D eigenvalue weighted by molar-refractivity contribution is 6.33. The summed E-state index contributed by atoms with van der Waals surface area (Å²) in [4.78, 5) is 26.4. The predicted molar refractivity (Wildman–Crippen MR) is 96.3 cm³/mol. The average molecular weight is 373 g/mol. The number of amides is 2. The van der Waals surface area contributed by atoms with Crippen LogP contribution < -0.4 is 19.7 Å². The maximum absolute atomic E-state index is 12.5. The van der Waals surface area contributed by atoms with Crippen LogP contribution in [0, 0.1) is 5.92 Å². The molecule has 0 aromatic heterocycles. The van der Waals surface area contributed by atoms with Crippen LogP contribution in [0.2, 0.25) is 5.02 Å². The van der Waals surface area contributed by atoms with Gasteiger partial charge in [0.25, 0.3) is 0 Å². The van der Waals surface area contributed by atoms with Crippen molar-refractivity contribution in [3.05, 3.63) is 53.1 Å². The van der Waals surface area contributed by atoms with E-state index in [4.69, 9.17) is 21.1 Å². The summed E-state index contributed by atoms with van der Waals surface area (Å²) in [5.74, 6) is 0.745. The number of nitrogens with one attached hydrogen (secondary N) is 1. The van der Waals surface area contributed by atoms with E-state index in [2.05, 4.69) is 5.32 Å². The molecule has 1 saturated heterocycles. The van der Waals surface area contributed by atoms with Gasteiger partial charge in [-0.15, -0.1) is 0 Å². The molecule has 2 amide bonds. The van der Waals surface area contributed by atoms with Crippen LogP contribution in [0.3, 0.4) is 0 Å². The fraction of sp³-hybridized carbons (Fsp3) is 0.263. The lowest BCUT2D eigenvalue weighted by Gasteiger charge is -2.18. The molecule has 4 rings (SSSR count). The van der Waals surface area contributed by atoms with Crippen LogP contribution in [-0.2, 0) is 16.1 Å². The summed E-state index contributed by atoms with van der Waals surface area (Å²) < 4.78 is 10.6. The Hall–Kier alpha value is -2.73. The fourth-order valence-corrected chi connectivity index (χ4v) is 3.41. The lowest BCUT2D eigenvalue weighted by atomic mass is 10.1. The highest BCUT2D eigenvalue weighted by Gasteiger charge is 2.35. The van der Waals surface area contributed by atoms with E-state index in [9.17, 15) is 9.59 Å². The quantitative estimate of drug-likeness (QED) is 0.896. The summed E-state index contributed by atoms with van der Waals surface area (Å²) in [6, 6.07) is 12.7. The third-order valence-corrected chi connectivity index (χ3v) is 4.86. The number of anilines is 1. The van der Waals surface area contributed by atoms with Gasteiger partial charge >= 0.3 is 0 Å². The van der Waals surface area contributed by atoms with E-state index >= 15 is 0 Å². The molecule has 1 atom stereocenters. The molecular weight excluding hydrogens is 356 g/mol. The van der Waals surface area contributed by atoms with Gasteiger partial charge in [0.1, 0.15) is 0 Å². The number of ether oxygens (including phenoxy) is 2. The Bertz CT molecular complexity index is 870. The Labute approximate surface area is 155 Å². The van der Waals surface area contributed by atoms with Crippen molar-refractivity contribution in [2.24, 2.45) is 5.92 Å². The minimum atomic E-state index is -0.396. The second-order valence-electron chi connectivity index (χ2n) is 6.26. The topological polar surface area (TPSA) is 67.9 Å². The van der Waals surface area contributed by atoms with Crippen LogP contribution in [0.25, 0.3) is 0 Å². The molecule has 2 heterocycles. The molecule has 1 N–H and O–H groups in total. The molecule has 134 valence electrons. The Kier molecular flexibility index (Phi) is 4.42. The van der Waals surface area contributed by atoms with Gasteiger partial charge in [0.2, 0.25) is 18.6 Å². The zero-order valence-electron chi connectivity index (χ0n) is 13.9. The van der Waals surface area contributed by atoms with Crippen molar-refractivity contribution >= 4 is 29.1 Å². The molecule has 0 saturated carbocycles. The number of carbonyl (C=O) groups is 2. The van der Waals surface area contributed by atoms with Gasteiger partial charge in [-0.1, -0.05) is 29.8 Å². The van der Waals surface area contributed by atoms with Crippen LogP contribution >= 0.6 is 11.6 Å². The van der Waals surface area contributed by atoms with Crippen molar-refractivity contribution in [2.45, 2.75) is 13.0 Å². The number of carbonyl (C=O) groups excluding carboxylic acids is 2. The molecule has 2 aliphatic heterocycles. The van der Waals surface area contributed by atoms with Gasteiger partial charge in [-0.3, -0.25) is 9.59 Å². The Morgan fingerprint density at radius 1 is 1.19 bits per heavy atom. The maximum atomic E-state index is 12.5. The van der Waals surface area contributed by atoms with Crippen molar-refractivity contribution in [1.29, 1.82) is 0 Å². The van der Waals surface area contributed by atoms with E-state index < -0.39 is 5.92 Å². The highest BCUT2D eigenvalue weighted by atomic mass is 35.5. The number of nitrogens with zero attached hydrogens (tertiary/aromatic N) is 1. The Balaban J connectivity index is 1.38. The van der Waals surface area contributed by atoms with E-state index in [1.807, 2.05) is 30.3 Å². The smallest absolute Gasteiger partial charge is 0.231 e. The van der Waals surface area contributed by atoms with E-state index in [1.165, 1.54) is 0 Å². The first-order chi connectivity index (χ1) is 12.6. The molecule has 2 aromatic rings. The SMILES string of the molecule is O=C(NCc1ccc2c(c1)OCO2)C1CC(=O)N(c2ccccc2Cl)C1. The average Bonchev–Trinajstić information content (AvgIpc) is 3.26. The van der Waals surface area contributed by atoms with Crippen molar-refractivity contribution < 1.29 is 19.1 Å². The minimum Gasteiger partial charge on any atom is -0.454 e. The number of benzene rings is 2. The number of halogens is 1. The predicted octanol–water partition coefficient (Wildman–Crippen LogP) is 2.74. The molecule has 26 heavy (non-hydrogen) atoms. The third kappa shape index (κ3) is 3.20. The number of para-hydroxylation sites is 1. The summed E-state index contributed by atoms with van der Waals surface area (Å²) in [6.45, 7) is 0.912. The third-order valence-electron chi connectivity index (χ3n) is 4.54. The summed E-state index contributed by atoms with van der Waals surface area (Å²) in [5, 5.41) is 3.39. The summed E-state index contributed by atoms with van der Waals surface area (Å²) in [5.41, 5.74) is 1.56. The molecule has 2 aliphatic rings. The Morgan fingerprint density at radius 2 is 2.00 bits per heavy atom. The number of hydrogen-bond acceptors (Lipinski definition) is 4. The van der Waals surface area contributed by atoms with Gasteiger partial charge in [-0.05, 0) is 29.8 Å². The largest absolute Gasteiger partial charge is 0.454 e. The summed E-state index contributed by atoms with van der Waals surface area (Å²) in [6.07, 6.45) is 0.179.